The van der Waals surface area contributed by atoms with E-state index < -0.39 is 8.32 Å². The van der Waals surface area contributed by atoms with Crippen LogP contribution >= 0.6 is 0 Å². The van der Waals surface area contributed by atoms with E-state index in [0.717, 1.165) is 5.76 Å². The molecule has 0 aliphatic carbocycles. The molecule has 0 fully saturated rings. The van der Waals surface area contributed by atoms with E-state index in [9.17, 15) is 0 Å². The normalized spacial score (nSPS) is 13.2. The fourth-order valence-corrected chi connectivity index (χ4v) is 2.27. The largest absolute Gasteiger partial charge is 0.548 e. The van der Waals surface area contributed by atoms with Crippen LogP contribution in [0.1, 0.15) is 39.5 Å². The highest BCUT2D eigenvalue weighted by Crippen LogP contribution is 2.11. The summed E-state index contributed by atoms with van der Waals surface area (Å²) >= 11 is 0. The zero-order valence-electron chi connectivity index (χ0n) is 9.81. The molecular weight excluding hydrogens is 176 g/mol. The van der Waals surface area contributed by atoms with E-state index in [1.807, 2.05) is 0 Å². The SMILES string of the molecule is CCCCC/C=C(/C)O[Si](C)(C)C. The molecule has 2 heteroatoms. The fourth-order valence-electron chi connectivity index (χ4n) is 1.22. The molecule has 0 bridgehead atoms. The van der Waals surface area contributed by atoms with Gasteiger partial charge >= 0.3 is 0 Å². The Hall–Kier alpha value is -0.243. The molecule has 0 saturated carbocycles. The van der Waals surface area contributed by atoms with Gasteiger partial charge in [0.15, 0.2) is 0 Å². The van der Waals surface area contributed by atoms with Gasteiger partial charge in [-0.2, -0.15) is 0 Å². The summed E-state index contributed by atoms with van der Waals surface area (Å²) in [6.07, 6.45) is 7.32. The topological polar surface area (TPSA) is 9.23 Å². The second kappa shape index (κ2) is 6.25. The number of allylic oxidation sites excluding steroid dienone is 2. The van der Waals surface area contributed by atoms with Gasteiger partial charge < -0.3 is 4.43 Å². The monoisotopic (exact) mass is 200 g/mol. The van der Waals surface area contributed by atoms with Crippen molar-refractivity contribution < 1.29 is 4.43 Å². The van der Waals surface area contributed by atoms with E-state index in [1.54, 1.807) is 0 Å². The molecule has 0 aromatic carbocycles. The van der Waals surface area contributed by atoms with Gasteiger partial charge in [-0.05, 0) is 45.5 Å². The van der Waals surface area contributed by atoms with Crippen LogP contribution in [0.5, 0.6) is 0 Å². The molecule has 0 radical (unpaired) electrons. The van der Waals surface area contributed by atoms with Crippen molar-refractivity contribution in [1.29, 1.82) is 0 Å². The summed E-state index contributed by atoms with van der Waals surface area (Å²) < 4.78 is 5.82. The van der Waals surface area contributed by atoms with Crippen LogP contribution in [0.4, 0.5) is 0 Å². The minimum absolute atomic E-state index is 1.12. The highest BCUT2D eigenvalue weighted by atomic mass is 28.4. The number of unbranched alkanes of at least 4 members (excludes halogenated alkanes) is 3. The first kappa shape index (κ1) is 12.8. The van der Waals surface area contributed by atoms with Gasteiger partial charge in [0.2, 0.25) is 8.32 Å². The smallest absolute Gasteiger partial charge is 0.241 e. The van der Waals surface area contributed by atoms with Gasteiger partial charge in [-0.25, -0.2) is 0 Å². The first-order chi connectivity index (χ1) is 5.95. The molecule has 0 unspecified atom stereocenters. The van der Waals surface area contributed by atoms with E-state index in [-0.39, 0.29) is 0 Å². The van der Waals surface area contributed by atoms with Crippen molar-refractivity contribution in [3.63, 3.8) is 0 Å². The second-order valence-electron chi connectivity index (χ2n) is 4.52. The zero-order valence-corrected chi connectivity index (χ0v) is 10.8. The predicted molar refractivity (Wildman–Crippen MR) is 62.3 cm³/mol. The molecule has 1 nitrogen and oxygen atoms in total. The standard InChI is InChI=1S/C11H24OSi/c1-6-7-8-9-10-11(2)12-13(3,4)5/h10H,6-9H2,1-5H3/b11-10-. The van der Waals surface area contributed by atoms with E-state index >= 15 is 0 Å². The summed E-state index contributed by atoms with van der Waals surface area (Å²) in [6.45, 7) is 11.0. The summed E-state index contributed by atoms with van der Waals surface area (Å²) in [5.41, 5.74) is 0. The van der Waals surface area contributed by atoms with E-state index in [4.69, 9.17) is 4.43 Å². The lowest BCUT2D eigenvalue weighted by atomic mass is 10.2. The summed E-state index contributed by atoms with van der Waals surface area (Å²) in [4.78, 5) is 0. The molecule has 0 spiro atoms. The van der Waals surface area contributed by atoms with E-state index in [2.05, 4.69) is 39.6 Å². The minimum Gasteiger partial charge on any atom is -0.548 e. The van der Waals surface area contributed by atoms with Crippen LogP contribution in [0, 0.1) is 0 Å². The first-order valence-corrected chi connectivity index (χ1v) is 8.72. The van der Waals surface area contributed by atoms with Crippen molar-refractivity contribution in [1.82, 2.24) is 0 Å². The highest BCUT2D eigenvalue weighted by molar-refractivity contribution is 6.70. The van der Waals surface area contributed by atoms with Crippen molar-refractivity contribution in [3.8, 4) is 0 Å². The fraction of sp³-hybridized carbons (Fsp3) is 0.818. The molecule has 0 amide bonds. The van der Waals surface area contributed by atoms with E-state index in [0.29, 0.717) is 0 Å². The van der Waals surface area contributed by atoms with Crippen LogP contribution in [0.15, 0.2) is 11.8 Å². The molecule has 0 atom stereocenters. The van der Waals surface area contributed by atoms with Crippen LogP contribution in [0.2, 0.25) is 19.6 Å². The number of rotatable bonds is 6. The number of hydrogen-bond donors (Lipinski definition) is 0. The molecule has 0 N–H and O–H groups in total. The molecule has 13 heavy (non-hydrogen) atoms. The summed E-state index contributed by atoms with van der Waals surface area (Å²) in [5, 5.41) is 0. The average Bonchev–Trinajstić information content (AvgIpc) is 1.94. The Morgan fingerprint density at radius 1 is 1.23 bits per heavy atom. The molecule has 0 aliphatic rings. The lowest BCUT2D eigenvalue weighted by Crippen LogP contribution is -2.24. The summed E-state index contributed by atoms with van der Waals surface area (Å²) in [5.74, 6) is 1.12. The minimum atomic E-state index is -1.36. The third-order valence-electron chi connectivity index (χ3n) is 1.71. The Morgan fingerprint density at radius 3 is 2.31 bits per heavy atom. The highest BCUT2D eigenvalue weighted by Gasteiger charge is 2.15. The molecule has 0 saturated heterocycles. The maximum absolute atomic E-state index is 5.82. The zero-order chi connectivity index (χ0) is 10.3. The molecule has 0 aliphatic heterocycles. The van der Waals surface area contributed by atoms with Crippen LogP contribution in [-0.4, -0.2) is 8.32 Å². The Balaban J connectivity index is 3.63. The predicted octanol–water partition coefficient (Wildman–Crippen LogP) is 4.32. The third-order valence-corrected chi connectivity index (χ3v) is 2.64. The van der Waals surface area contributed by atoms with Crippen molar-refractivity contribution >= 4 is 8.32 Å². The molecular formula is C11H24OSi. The van der Waals surface area contributed by atoms with Gasteiger partial charge in [0.25, 0.3) is 0 Å². The van der Waals surface area contributed by atoms with Crippen molar-refractivity contribution in [2.24, 2.45) is 0 Å². The molecule has 0 rings (SSSR count). The van der Waals surface area contributed by atoms with Crippen LogP contribution in [0.25, 0.3) is 0 Å². The van der Waals surface area contributed by atoms with Gasteiger partial charge in [0, 0.05) is 0 Å². The van der Waals surface area contributed by atoms with E-state index in [1.165, 1.54) is 25.7 Å². The van der Waals surface area contributed by atoms with Crippen molar-refractivity contribution in [2.75, 3.05) is 0 Å². The van der Waals surface area contributed by atoms with Gasteiger partial charge in [-0.15, -0.1) is 0 Å². The Bertz CT molecular complexity index is 156. The average molecular weight is 200 g/mol. The lowest BCUT2D eigenvalue weighted by molar-refractivity contribution is 0.421. The molecule has 0 aromatic heterocycles. The first-order valence-electron chi connectivity index (χ1n) is 5.31. The third kappa shape index (κ3) is 9.67. The maximum Gasteiger partial charge on any atom is 0.241 e. The van der Waals surface area contributed by atoms with Crippen molar-refractivity contribution in [3.05, 3.63) is 11.8 Å². The molecule has 78 valence electrons. The summed E-state index contributed by atoms with van der Waals surface area (Å²) in [6, 6.07) is 0. The Kier molecular flexibility index (Phi) is 6.13. The lowest BCUT2D eigenvalue weighted by Gasteiger charge is -2.19. The van der Waals surface area contributed by atoms with Gasteiger partial charge in [-0.3, -0.25) is 0 Å². The van der Waals surface area contributed by atoms with Gasteiger partial charge in [0.05, 0.1) is 5.76 Å². The van der Waals surface area contributed by atoms with Crippen LogP contribution in [0.3, 0.4) is 0 Å². The van der Waals surface area contributed by atoms with Gasteiger partial charge in [-0.1, -0.05) is 19.8 Å². The quantitative estimate of drug-likeness (QED) is 0.352. The van der Waals surface area contributed by atoms with Crippen molar-refractivity contribution in [2.45, 2.75) is 59.2 Å². The van der Waals surface area contributed by atoms with Crippen LogP contribution < -0.4 is 0 Å². The molecule has 0 aromatic rings. The van der Waals surface area contributed by atoms with Crippen LogP contribution in [-0.2, 0) is 4.43 Å². The van der Waals surface area contributed by atoms with Gasteiger partial charge in [0.1, 0.15) is 0 Å². The maximum atomic E-state index is 5.82. The molecule has 0 heterocycles. The Morgan fingerprint density at radius 2 is 1.85 bits per heavy atom. The summed E-state index contributed by atoms with van der Waals surface area (Å²) in [7, 11) is -1.36. The second-order valence-corrected chi connectivity index (χ2v) is 8.95. The number of hydrogen-bond acceptors (Lipinski definition) is 1. The Labute approximate surface area is 84.3 Å².